The summed E-state index contributed by atoms with van der Waals surface area (Å²) in [5.41, 5.74) is 8.10. The Balaban J connectivity index is 1.95. The van der Waals surface area contributed by atoms with Crippen molar-refractivity contribution >= 4 is 5.91 Å². The smallest absolute Gasteiger partial charge is 0.241 e. The van der Waals surface area contributed by atoms with Gasteiger partial charge >= 0.3 is 0 Å². The molecule has 0 radical (unpaired) electrons. The Labute approximate surface area is 121 Å². The normalized spacial score (nSPS) is 25.2. The van der Waals surface area contributed by atoms with E-state index in [4.69, 9.17) is 5.73 Å². The van der Waals surface area contributed by atoms with Gasteiger partial charge in [-0.15, -0.1) is 0 Å². The van der Waals surface area contributed by atoms with Crippen LogP contribution < -0.4 is 11.1 Å². The third kappa shape index (κ3) is 3.58. The van der Waals surface area contributed by atoms with Crippen molar-refractivity contribution in [2.45, 2.75) is 32.4 Å². The maximum Gasteiger partial charge on any atom is 0.241 e. The van der Waals surface area contributed by atoms with E-state index in [1.54, 1.807) is 0 Å². The van der Waals surface area contributed by atoms with E-state index in [0.29, 0.717) is 5.92 Å². The summed E-state index contributed by atoms with van der Waals surface area (Å²) in [6, 6.07) is 7.48. The molecule has 3 unspecified atom stereocenters. The van der Waals surface area contributed by atoms with Crippen LogP contribution in [0.5, 0.6) is 0 Å². The molecule has 1 aromatic rings. The molecule has 4 nitrogen and oxygen atoms in total. The number of hydrogen-bond acceptors (Lipinski definition) is 3. The van der Waals surface area contributed by atoms with Crippen LogP contribution in [0, 0.1) is 12.8 Å². The Morgan fingerprint density at radius 1 is 1.40 bits per heavy atom. The molecular formula is C16H25N3O. The van der Waals surface area contributed by atoms with Crippen LogP contribution in [-0.2, 0) is 4.79 Å². The van der Waals surface area contributed by atoms with Gasteiger partial charge in [0.05, 0.1) is 0 Å². The number of likely N-dealkylation sites (tertiary alicyclic amines) is 1. The van der Waals surface area contributed by atoms with Crippen LogP contribution in [-0.4, -0.2) is 37.0 Å². The predicted molar refractivity (Wildman–Crippen MR) is 81.3 cm³/mol. The summed E-state index contributed by atoms with van der Waals surface area (Å²) in [6.45, 7) is 6.24. The average Bonchev–Trinajstić information content (AvgIpc) is 2.42. The standard InChI is InChI=1S/C16H25N3O/c1-11-4-6-13(7-5-11)15(17)16(20)18-14-8-9-19(3)10-12(14)2/h4-7,12,14-15H,8-10,17H2,1-3H3,(H,18,20). The molecule has 0 aliphatic carbocycles. The monoisotopic (exact) mass is 275 g/mol. The SMILES string of the molecule is Cc1ccc(C(N)C(=O)NC2CCN(C)CC2C)cc1. The molecule has 1 aromatic carbocycles. The number of carbonyl (C=O) groups excluding carboxylic acids is 1. The van der Waals surface area contributed by atoms with Crippen LogP contribution in [0.15, 0.2) is 24.3 Å². The molecule has 1 fully saturated rings. The summed E-state index contributed by atoms with van der Waals surface area (Å²) >= 11 is 0. The van der Waals surface area contributed by atoms with Crippen LogP contribution in [0.2, 0.25) is 0 Å². The van der Waals surface area contributed by atoms with Gasteiger partial charge in [-0.05, 0) is 38.4 Å². The fourth-order valence-corrected chi connectivity index (χ4v) is 2.77. The molecule has 3 atom stereocenters. The van der Waals surface area contributed by atoms with E-state index in [9.17, 15) is 4.79 Å². The number of nitrogens with one attached hydrogen (secondary N) is 1. The maximum atomic E-state index is 12.3. The van der Waals surface area contributed by atoms with Crippen molar-refractivity contribution in [2.75, 3.05) is 20.1 Å². The molecule has 2 rings (SSSR count). The van der Waals surface area contributed by atoms with E-state index in [1.807, 2.05) is 31.2 Å². The highest BCUT2D eigenvalue weighted by molar-refractivity contribution is 5.83. The van der Waals surface area contributed by atoms with Gasteiger partial charge in [0.1, 0.15) is 6.04 Å². The Kier molecular flexibility index (Phi) is 4.78. The van der Waals surface area contributed by atoms with Crippen LogP contribution in [0.4, 0.5) is 0 Å². The van der Waals surface area contributed by atoms with Crippen molar-refractivity contribution in [3.63, 3.8) is 0 Å². The highest BCUT2D eigenvalue weighted by Gasteiger charge is 2.27. The molecule has 20 heavy (non-hydrogen) atoms. The minimum atomic E-state index is -0.581. The lowest BCUT2D eigenvalue weighted by Crippen LogP contribution is -2.50. The predicted octanol–water partition coefficient (Wildman–Crippen LogP) is 1.45. The molecule has 1 amide bonds. The molecule has 1 aliphatic rings. The minimum absolute atomic E-state index is 0.0738. The molecule has 0 aromatic heterocycles. The van der Waals surface area contributed by atoms with Gasteiger partial charge in [0, 0.05) is 12.6 Å². The van der Waals surface area contributed by atoms with E-state index in [-0.39, 0.29) is 11.9 Å². The summed E-state index contributed by atoms with van der Waals surface area (Å²) in [6.07, 6.45) is 0.990. The fraction of sp³-hybridized carbons (Fsp3) is 0.562. The van der Waals surface area contributed by atoms with Crippen molar-refractivity contribution in [3.05, 3.63) is 35.4 Å². The number of aryl methyl sites for hydroxylation is 1. The van der Waals surface area contributed by atoms with Crippen molar-refractivity contribution < 1.29 is 4.79 Å². The molecule has 3 N–H and O–H groups in total. The Morgan fingerprint density at radius 3 is 2.65 bits per heavy atom. The molecule has 110 valence electrons. The van der Waals surface area contributed by atoms with E-state index in [2.05, 4.69) is 24.2 Å². The van der Waals surface area contributed by atoms with Crippen molar-refractivity contribution in [1.29, 1.82) is 0 Å². The zero-order valence-electron chi connectivity index (χ0n) is 12.6. The highest BCUT2D eigenvalue weighted by atomic mass is 16.2. The van der Waals surface area contributed by atoms with Crippen molar-refractivity contribution in [1.82, 2.24) is 10.2 Å². The first-order valence-corrected chi connectivity index (χ1v) is 7.28. The average molecular weight is 275 g/mol. The number of nitrogens with two attached hydrogens (primary N) is 1. The molecule has 1 heterocycles. The molecule has 1 aliphatic heterocycles. The summed E-state index contributed by atoms with van der Waals surface area (Å²) in [7, 11) is 2.12. The number of benzene rings is 1. The molecule has 0 saturated carbocycles. The summed E-state index contributed by atoms with van der Waals surface area (Å²) in [5.74, 6) is 0.387. The Morgan fingerprint density at radius 2 is 2.05 bits per heavy atom. The highest BCUT2D eigenvalue weighted by Crippen LogP contribution is 2.17. The Bertz CT molecular complexity index is 457. The number of piperidine rings is 1. The lowest BCUT2D eigenvalue weighted by molar-refractivity contribution is -0.123. The third-order valence-corrected chi connectivity index (χ3v) is 4.15. The largest absolute Gasteiger partial charge is 0.351 e. The second-order valence-electron chi connectivity index (χ2n) is 6.03. The second kappa shape index (κ2) is 6.37. The van der Waals surface area contributed by atoms with Gasteiger partial charge in [-0.1, -0.05) is 36.8 Å². The van der Waals surface area contributed by atoms with Gasteiger partial charge in [0.2, 0.25) is 5.91 Å². The first-order valence-electron chi connectivity index (χ1n) is 7.28. The molecular weight excluding hydrogens is 250 g/mol. The zero-order chi connectivity index (χ0) is 14.7. The first kappa shape index (κ1) is 15.0. The van der Waals surface area contributed by atoms with E-state index >= 15 is 0 Å². The van der Waals surface area contributed by atoms with Crippen molar-refractivity contribution in [3.8, 4) is 0 Å². The summed E-state index contributed by atoms with van der Waals surface area (Å²) in [4.78, 5) is 14.6. The second-order valence-corrected chi connectivity index (χ2v) is 6.03. The van der Waals surface area contributed by atoms with Crippen molar-refractivity contribution in [2.24, 2.45) is 11.7 Å². The number of nitrogens with zero attached hydrogens (tertiary/aromatic N) is 1. The van der Waals surface area contributed by atoms with Crippen LogP contribution in [0.25, 0.3) is 0 Å². The van der Waals surface area contributed by atoms with Crippen LogP contribution in [0.3, 0.4) is 0 Å². The lowest BCUT2D eigenvalue weighted by atomic mass is 9.93. The number of hydrogen-bond donors (Lipinski definition) is 2. The van der Waals surface area contributed by atoms with Gasteiger partial charge in [0.25, 0.3) is 0 Å². The topological polar surface area (TPSA) is 58.4 Å². The number of amides is 1. The van der Waals surface area contributed by atoms with Gasteiger partial charge in [0.15, 0.2) is 0 Å². The molecule has 4 heteroatoms. The quantitative estimate of drug-likeness (QED) is 0.878. The fourth-order valence-electron chi connectivity index (χ4n) is 2.77. The lowest BCUT2D eigenvalue weighted by Gasteiger charge is -2.35. The number of rotatable bonds is 3. The number of carbonyl (C=O) groups is 1. The Hall–Kier alpha value is -1.39. The van der Waals surface area contributed by atoms with Gasteiger partial charge in [-0.25, -0.2) is 0 Å². The van der Waals surface area contributed by atoms with Crippen LogP contribution in [0.1, 0.15) is 30.5 Å². The van der Waals surface area contributed by atoms with Gasteiger partial charge in [-0.3, -0.25) is 4.79 Å². The molecule has 1 saturated heterocycles. The maximum absolute atomic E-state index is 12.3. The van der Waals surface area contributed by atoms with Gasteiger partial charge in [-0.2, -0.15) is 0 Å². The molecule has 0 bridgehead atoms. The van der Waals surface area contributed by atoms with E-state index in [1.165, 1.54) is 5.56 Å². The van der Waals surface area contributed by atoms with Crippen LogP contribution >= 0.6 is 0 Å². The van der Waals surface area contributed by atoms with E-state index < -0.39 is 6.04 Å². The van der Waals surface area contributed by atoms with Gasteiger partial charge < -0.3 is 16.0 Å². The summed E-state index contributed by atoms with van der Waals surface area (Å²) < 4.78 is 0. The third-order valence-electron chi connectivity index (χ3n) is 4.15. The van der Waals surface area contributed by atoms with E-state index in [0.717, 1.165) is 25.1 Å². The summed E-state index contributed by atoms with van der Waals surface area (Å²) in [5, 5.41) is 3.11. The first-order chi connectivity index (χ1) is 9.47. The minimum Gasteiger partial charge on any atom is -0.351 e. The zero-order valence-corrected chi connectivity index (χ0v) is 12.6. The molecule has 0 spiro atoms.